The summed E-state index contributed by atoms with van der Waals surface area (Å²) in [5.41, 5.74) is 3.51. The Morgan fingerprint density at radius 3 is 2.44 bits per heavy atom. The summed E-state index contributed by atoms with van der Waals surface area (Å²) < 4.78 is 5.01. The van der Waals surface area contributed by atoms with Crippen LogP contribution in [0.2, 0.25) is 0 Å². The van der Waals surface area contributed by atoms with E-state index in [1.807, 2.05) is 26.8 Å². The first kappa shape index (κ1) is 18.6. The average molecular weight is 346 g/mol. The fourth-order valence-electron chi connectivity index (χ4n) is 2.62. The molecule has 25 heavy (non-hydrogen) atoms. The number of hydrogen-bond donors (Lipinski definition) is 1. The van der Waals surface area contributed by atoms with Gasteiger partial charge in [-0.1, -0.05) is 6.07 Å². The minimum atomic E-state index is -0.526. The van der Waals surface area contributed by atoms with Gasteiger partial charge in [0, 0.05) is 18.5 Å². The Labute approximate surface area is 146 Å². The molecule has 1 aromatic rings. The summed E-state index contributed by atoms with van der Waals surface area (Å²) in [6, 6.07) is 3.29. The number of ether oxygens (including phenoxy) is 1. The largest absolute Gasteiger partial charge is 0.457 e. The number of nitrogens with one attached hydrogen (secondary N) is 1. The number of esters is 1. The van der Waals surface area contributed by atoms with Crippen LogP contribution in [0.3, 0.4) is 0 Å². The van der Waals surface area contributed by atoms with Gasteiger partial charge in [0.15, 0.2) is 6.61 Å². The molecule has 0 atom stereocenters. The van der Waals surface area contributed by atoms with E-state index in [2.05, 4.69) is 5.32 Å². The number of carbonyl (C=O) groups excluding carboxylic acids is 4. The Hall–Kier alpha value is -2.70. The van der Waals surface area contributed by atoms with Gasteiger partial charge in [0.25, 0.3) is 0 Å². The molecule has 1 heterocycles. The van der Waals surface area contributed by atoms with Crippen LogP contribution in [0.25, 0.3) is 0 Å². The Morgan fingerprint density at radius 1 is 1.12 bits per heavy atom. The summed E-state index contributed by atoms with van der Waals surface area (Å²) >= 11 is 0. The quantitative estimate of drug-likeness (QED) is 0.460. The van der Waals surface area contributed by atoms with Gasteiger partial charge in [0.1, 0.15) is 0 Å². The first-order valence-corrected chi connectivity index (χ1v) is 8.14. The van der Waals surface area contributed by atoms with Crippen LogP contribution in [0, 0.1) is 20.8 Å². The fraction of sp³-hybridized carbons (Fsp3) is 0.444. The van der Waals surface area contributed by atoms with E-state index < -0.39 is 12.0 Å². The van der Waals surface area contributed by atoms with E-state index in [0.717, 1.165) is 21.6 Å². The second-order valence-corrected chi connectivity index (χ2v) is 6.14. The van der Waals surface area contributed by atoms with Crippen LogP contribution >= 0.6 is 0 Å². The molecule has 7 heteroatoms. The molecule has 1 fully saturated rings. The second kappa shape index (κ2) is 7.92. The SMILES string of the molecule is Cc1cc(C)c(C(=O)COC(=O)CCCN2C(=O)CNC2=O)cc1C. The number of benzene rings is 1. The van der Waals surface area contributed by atoms with Crippen molar-refractivity contribution in [3.05, 3.63) is 34.4 Å². The molecular weight excluding hydrogens is 324 g/mol. The van der Waals surface area contributed by atoms with Crippen molar-refractivity contribution in [3.8, 4) is 0 Å². The summed E-state index contributed by atoms with van der Waals surface area (Å²) in [7, 11) is 0. The third kappa shape index (κ3) is 4.65. The maximum Gasteiger partial charge on any atom is 0.324 e. The van der Waals surface area contributed by atoms with Gasteiger partial charge < -0.3 is 10.1 Å². The molecule has 2 rings (SSSR count). The molecular formula is C18H22N2O5. The van der Waals surface area contributed by atoms with Gasteiger partial charge in [0.2, 0.25) is 11.7 Å². The predicted molar refractivity (Wildman–Crippen MR) is 90.3 cm³/mol. The van der Waals surface area contributed by atoms with Crippen LogP contribution in [0.1, 0.15) is 39.9 Å². The van der Waals surface area contributed by atoms with Crippen LogP contribution < -0.4 is 5.32 Å². The zero-order valence-electron chi connectivity index (χ0n) is 14.7. The highest BCUT2D eigenvalue weighted by Gasteiger charge is 2.27. The zero-order chi connectivity index (χ0) is 18.6. The molecule has 1 aliphatic rings. The van der Waals surface area contributed by atoms with Crippen molar-refractivity contribution in [3.63, 3.8) is 0 Å². The minimum absolute atomic E-state index is 0.00685. The number of ketones is 1. The first-order chi connectivity index (χ1) is 11.8. The number of carbonyl (C=O) groups is 4. The van der Waals surface area contributed by atoms with Crippen LogP contribution in [0.15, 0.2) is 12.1 Å². The molecule has 0 radical (unpaired) electrons. The number of imide groups is 1. The van der Waals surface area contributed by atoms with Crippen LogP contribution in [0.4, 0.5) is 4.79 Å². The van der Waals surface area contributed by atoms with Crippen molar-refractivity contribution in [2.45, 2.75) is 33.6 Å². The second-order valence-electron chi connectivity index (χ2n) is 6.14. The minimum Gasteiger partial charge on any atom is -0.457 e. The molecule has 1 aliphatic heterocycles. The lowest BCUT2D eigenvalue weighted by atomic mass is 9.98. The lowest BCUT2D eigenvalue weighted by Crippen LogP contribution is -2.32. The molecule has 0 saturated carbocycles. The summed E-state index contributed by atoms with van der Waals surface area (Å²) in [6.07, 6.45) is 0.338. The van der Waals surface area contributed by atoms with Gasteiger partial charge in [-0.2, -0.15) is 0 Å². The Kier molecular flexibility index (Phi) is 5.90. The Bertz CT molecular complexity index is 710. The maximum atomic E-state index is 12.2. The molecule has 7 nitrogen and oxygen atoms in total. The van der Waals surface area contributed by atoms with Crippen LogP contribution in [-0.4, -0.2) is 48.3 Å². The van der Waals surface area contributed by atoms with Gasteiger partial charge in [-0.3, -0.25) is 19.3 Å². The number of urea groups is 1. The highest BCUT2D eigenvalue weighted by atomic mass is 16.5. The summed E-state index contributed by atoms with van der Waals surface area (Å²) in [5, 5.41) is 2.41. The highest BCUT2D eigenvalue weighted by molar-refractivity contribution is 6.02. The van der Waals surface area contributed by atoms with Gasteiger partial charge in [0.05, 0.1) is 6.54 Å². The standard InChI is InChI=1S/C18H22N2O5/c1-11-7-13(3)14(8-12(11)2)15(21)10-25-17(23)5-4-6-20-16(22)9-19-18(20)24/h7-8H,4-6,9-10H2,1-3H3,(H,19,24). The topological polar surface area (TPSA) is 92.8 Å². The normalized spacial score (nSPS) is 13.8. The lowest BCUT2D eigenvalue weighted by molar-refractivity contribution is -0.142. The van der Waals surface area contributed by atoms with E-state index >= 15 is 0 Å². The molecule has 1 aromatic carbocycles. The van der Waals surface area contributed by atoms with Crippen molar-refractivity contribution >= 4 is 23.7 Å². The van der Waals surface area contributed by atoms with Crippen molar-refractivity contribution in [2.24, 2.45) is 0 Å². The van der Waals surface area contributed by atoms with E-state index in [1.54, 1.807) is 6.07 Å². The van der Waals surface area contributed by atoms with Crippen LogP contribution in [0.5, 0.6) is 0 Å². The van der Waals surface area contributed by atoms with E-state index in [1.165, 1.54) is 0 Å². The first-order valence-electron chi connectivity index (χ1n) is 8.14. The van der Waals surface area contributed by atoms with Crippen LogP contribution in [-0.2, 0) is 14.3 Å². The Morgan fingerprint density at radius 2 is 1.80 bits per heavy atom. The number of rotatable bonds is 7. The molecule has 134 valence electrons. The third-order valence-electron chi connectivity index (χ3n) is 4.21. The Balaban J connectivity index is 1.78. The fourth-order valence-corrected chi connectivity index (χ4v) is 2.62. The average Bonchev–Trinajstić information content (AvgIpc) is 2.87. The lowest BCUT2D eigenvalue weighted by Gasteiger charge is -2.12. The molecule has 1 saturated heterocycles. The number of amides is 3. The number of aryl methyl sites for hydroxylation is 3. The molecule has 0 unspecified atom stereocenters. The maximum absolute atomic E-state index is 12.2. The van der Waals surface area contributed by atoms with Crippen molar-refractivity contribution in [2.75, 3.05) is 19.7 Å². The smallest absolute Gasteiger partial charge is 0.324 e. The van der Waals surface area contributed by atoms with Crippen molar-refractivity contribution in [1.29, 1.82) is 0 Å². The number of hydrogen-bond acceptors (Lipinski definition) is 5. The third-order valence-corrected chi connectivity index (χ3v) is 4.21. The monoisotopic (exact) mass is 346 g/mol. The summed E-state index contributed by atoms with van der Waals surface area (Å²) in [5.74, 6) is -1.08. The van der Waals surface area contributed by atoms with Gasteiger partial charge in [-0.05, 0) is 49.9 Å². The summed E-state index contributed by atoms with van der Waals surface area (Å²) in [6.45, 7) is 5.58. The van der Waals surface area contributed by atoms with Gasteiger partial charge >= 0.3 is 12.0 Å². The predicted octanol–water partition coefficient (Wildman–Crippen LogP) is 1.67. The molecule has 0 aromatic heterocycles. The molecule has 3 amide bonds. The van der Waals surface area contributed by atoms with E-state index in [9.17, 15) is 19.2 Å². The van der Waals surface area contributed by atoms with Gasteiger partial charge in [-0.25, -0.2) is 4.79 Å². The van der Waals surface area contributed by atoms with E-state index in [0.29, 0.717) is 12.0 Å². The van der Waals surface area contributed by atoms with E-state index in [4.69, 9.17) is 4.74 Å². The van der Waals surface area contributed by atoms with E-state index in [-0.39, 0.29) is 37.8 Å². The zero-order valence-corrected chi connectivity index (χ0v) is 14.7. The molecule has 1 N–H and O–H groups in total. The molecule has 0 aliphatic carbocycles. The number of nitrogens with zero attached hydrogens (tertiary/aromatic N) is 1. The molecule has 0 spiro atoms. The van der Waals surface area contributed by atoms with Crippen molar-refractivity contribution in [1.82, 2.24) is 10.2 Å². The van der Waals surface area contributed by atoms with Crippen molar-refractivity contribution < 1.29 is 23.9 Å². The number of Topliss-reactive ketones (excluding diaryl/α,β-unsaturated/α-hetero) is 1. The highest BCUT2D eigenvalue weighted by Crippen LogP contribution is 2.16. The molecule has 0 bridgehead atoms. The van der Waals surface area contributed by atoms with Gasteiger partial charge in [-0.15, -0.1) is 0 Å². The summed E-state index contributed by atoms with van der Waals surface area (Å²) in [4.78, 5) is 47.8.